The van der Waals surface area contributed by atoms with Gasteiger partial charge in [-0.1, -0.05) is 0 Å². The summed E-state index contributed by atoms with van der Waals surface area (Å²) in [6, 6.07) is 1.64. The first-order valence-corrected chi connectivity index (χ1v) is 4.63. The molecule has 0 aromatic rings. The number of likely N-dealkylation sites (N-methyl/N-ethyl adjacent to an activating group) is 1. The summed E-state index contributed by atoms with van der Waals surface area (Å²) in [5.74, 6) is 0.988. The Morgan fingerprint density at radius 2 is 1.91 bits per heavy atom. The first-order chi connectivity index (χ1) is 5.18. The number of rotatable bonds is 1. The van der Waals surface area contributed by atoms with Crippen LogP contribution >= 0.6 is 0 Å². The SMILES string of the molecule is CC(C)N1CC2CN(C)CC21. The molecule has 0 radical (unpaired) electrons. The van der Waals surface area contributed by atoms with Gasteiger partial charge in [-0.2, -0.15) is 0 Å². The average Bonchev–Trinajstić information content (AvgIpc) is 2.13. The fourth-order valence-electron chi connectivity index (χ4n) is 2.48. The highest BCUT2D eigenvalue weighted by atomic mass is 15.3. The summed E-state index contributed by atoms with van der Waals surface area (Å²) in [6.07, 6.45) is 0. The molecule has 2 atom stereocenters. The van der Waals surface area contributed by atoms with Crippen LogP contribution in [-0.4, -0.2) is 48.6 Å². The lowest BCUT2D eigenvalue weighted by Crippen LogP contribution is -2.58. The molecule has 0 spiro atoms. The molecule has 2 saturated heterocycles. The summed E-state index contributed by atoms with van der Waals surface area (Å²) >= 11 is 0. The van der Waals surface area contributed by atoms with Crippen molar-refractivity contribution in [2.24, 2.45) is 5.92 Å². The fraction of sp³-hybridized carbons (Fsp3) is 1.00. The lowest BCUT2D eigenvalue weighted by Gasteiger charge is -2.46. The van der Waals surface area contributed by atoms with E-state index >= 15 is 0 Å². The zero-order valence-electron chi connectivity index (χ0n) is 7.75. The maximum Gasteiger partial charge on any atom is 0.0278 e. The molecule has 2 rings (SSSR count). The Morgan fingerprint density at radius 1 is 1.18 bits per heavy atom. The van der Waals surface area contributed by atoms with Crippen LogP contribution in [0, 0.1) is 5.92 Å². The zero-order chi connectivity index (χ0) is 8.01. The molecule has 2 heteroatoms. The van der Waals surface area contributed by atoms with E-state index in [-0.39, 0.29) is 0 Å². The van der Waals surface area contributed by atoms with Crippen LogP contribution in [0.3, 0.4) is 0 Å². The van der Waals surface area contributed by atoms with Crippen molar-refractivity contribution in [1.29, 1.82) is 0 Å². The number of hydrogen-bond acceptors (Lipinski definition) is 2. The minimum Gasteiger partial charge on any atom is -0.304 e. The summed E-state index contributed by atoms with van der Waals surface area (Å²) in [6.45, 7) is 8.56. The summed E-state index contributed by atoms with van der Waals surface area (Å²) in [7, 11) is 2.23. The van der Waals surface area contributed by atoms with Gasteiger partial charge in [0.1, 0.15) is 0 Å². The van der Waals surface area contributed by atoms with Gasteiger partial charge in [0.05, 0.1) is 0 Å². The predicted octanol–water partition coefficient (Wildman–Crippen LogP) is 0.641. The van der Waals surface area contributed by atoms with Gasteiger partial charge in [0.2, 0.25) is 0 Å². The third-order valence-corrected chi connectivity index (χ3v) is 3.12. The van der Waals surface area contributed by atoms with Gasteiger partial charge in [-0.05, 0) is 20.9 Å². The van der Waals surface area contributed by atoms with Crippen molar-refractivity contribution in [3.63, 3.8) is 0 Å². The Balaban J connectivity index is 1.94. The van der Waals surface area contributed by atoms with E-state index in [2.05, 4.69) is 30.7 Å². The van der Waals surface area contributed by atoms with Crippen LogP contribution in [0.1, 0.15) is 13.8 Å². The fourth-order valence-corrected chi connectivity index (χ4v) is 2.48. The highest BCUT2D eigenvalue weighted by molar-refractivity contribution is 5.00. The molecule has 0 amide bonds. The molecule has 2 heterocycles. The van der Waals surface area contributed by atoms with E-state index in [9.17, 15) is 0 Å². The Bertz CT molecular complexity index is 156. The van der Waals surface area contributed by atoms with Crippen molar-refractivity contribution < 1.29 is 0 Å². The molecule has 0 aromatic heterocycles. The Hall–Kier alpha value is -0.0800. The Kier molecular flexibility index (Phi) is 1.69. The summed E-state index contributed by atoms with van der Waals surface area (Å²) < 4.78 is 0. The van der Waals surface area contributed by atoms with Gasteiger partial charge in [0.25, 0.3) is 0 Å². The van der Waals surface area contributed by atoms with Crippen LogP contribution in [0.5, 0.6) is 0 Å². The third-order valence-electron chi connectivity index (χ3n) is 3.12. The molecule has 2 unspecified atom stereocenters. The van der Waals surface area contributed by atoms with E-state index in [1.54, 1.807) is 0 Å². The van der Waals surface area contributed by atoms with Crippen LogP contribution < -0.4 is 0 Å². The first kappa shape index (κ1) is 7.56. The van der Waals surface area contributed by atoms with Gasteiger partial charge >= 0.3 is 0 Å². The topological polar surface area (TPSA) is 6.48 Å². The molecular formula is C9H18N2. The molecule has 0 N–H and O–H groups in total. The summed E-state index contributed by atoms with van der Waals surface area (Å²) in [5, 5.41) is 0. The van der Waals surface area contributed by atoms with Gasteiger partial charge in [0.15, 0.2) is 0 Å². The van der Waals surface area contributed by atoms with Gasteiger partial charge in [-0.3, -0.25) is 4.90 Å². The highest BCUT2D eigenvalue weighted by Gasteiger charge is 2.44. The monoisotopic (exact) mass is 154 g/mol. The van der Waals surface area contributed by atoms with Crippen LogP contribution in [0.15, 0.2) is 0 Å². The molecule has 2 aliphatic rings. The smallest absolute Gasteiger partial charge is 0.0278 e. The van der Waals surface area contributed by atoms with Crippen molar-refractivity contribution in [3.8, 4) is 0 Å². The Morgan fingerprint density at radius 3 is 2.45 bits per heavy atom. The highest BCUT2D eigenvalue weighted by Crippen LogP contribution is 2.32. The maximum absolute atomic E-state index is 2.62. The largest absolute Gasteiger partial charge is 0.304 e. The van der Waals surface area contributed by atoms with E-state index < -0.39 is 0 Å². The lowest BCUT2D eigenvalue weighted by molar-refractivity contribution is 0.0216. The van der Waals surface area contributed by atoms with Crippen molar-refractivity contribution in [3.05, 3.63) is 0 Å². The average molecular weight is 154 g/mol. The van der Waals surface area contributed by atoms with Crippen LogP contribution in [0.2, 0.25) is 0 Å². The number of hydrogen-bond donors (Lipinski definition) is 0. The first-order valence-electron chi connectivity index (χ1n) is 4.63. The zero-order valence-corrected chi connectivity index (χ0v) is 7.75. The van der Waals surface area contributed by atoms with E-state index in [0.717, 1.165) is 18.0 Å². The maximum atomic E-state index is 2.62. The van der Waals surface area contributed by atoms with Crippen LogP contribution in [-0.2, 0) is 0 Å². The van der Waals surface area contributed by atoms with E-state index in [4.69, 9.17) is 0 Å². The minimum atomic E-state index is 0.753. The molecule has 11 heavy (non-hydrogen) atoms. The normalized spacial score (nSPS) is 39.3. The van der Waals surface area contributed by atoms with E-state index in [1.165, 1.54) is 19.6 Å². The molecule has 64 valence electrons. The lowest BCUT2D eigenvalue weighted by atomic mass is 9.90. The van der Waals surface area contributed by atoms with Gasteiger partial charge in [-0.25, -0.2) is 0 Å². The molecule has 2 aliphatic heterocycles. The van der Waals surface area contributed by atoms with E-state index in [0.29, 0.717) is 0 Å². The number of nitrogens with zero attached hydrogens (tertiary/aromatic N) is 2. The molecule has 0 aromatic carbocycles. The predicted molar refractivity (Wildman–Crippen MR) is 46.6 cm³/mol. The quantitative estimate of drug-likeness (QED) is 0.547. The van der Waals surface area contributed by atoms with E-state index in [1.807, 2.05) is 0 Å². The Labute approximate surface area is 69.2 Å². The van der Waals surface area contributed by atoms with Crippen molar-refractivity contribution in [2.75, 3.05) is 26.7 Å². The third kappa shape index (κ3) is 1.09. The molecule has 0 bridgehead atoms. The van der Waals surface area contributed by atoms with Crippen LogP contribution in [0.4, 0.5) is 0 Å². The molecule has 0 aliphatic carbocycles. The standard InChI is InChI=1S/C9H18N2/c1-7(2)11-5-8-4-10(3)6-9(8)11/h7-9H,4-6H2,1-3H3. The van der Waals surface area contributed by atoms with Crippen molar-refractivity contribution in [2.45, 2.75) is 25.9 Å². The van der Waals surface area contributed by atoms with Crippen molar-refractivity contribution in [1.82, 2.24) is 9.80 Å². The van der Waals surface area contributed by atoms with Gasteiger partial charge < -0.3 is 4.90 Å². The number of likely N-dealkylation sites (tertiary alicyclic amines) is 2. The summed E-state index contributed by atoms with van der Waals surface area (Å²) in [5.41, 5.74) is 0. The van der Waals surface area contributed by atoms with Gasteiger partial charge in [-0.15, -0.1) is 0 Å². The van der Waals surface area contributed by atoms with Gasteiger partial charge in [0, 0.05) is 37.6 Å². The number of fused-ring (bicyclic) bond motifs is 1. The molecule has 2 fully saturated rings. The second-order valence-corrected chi connectivity index (χ2v) is 4.34. The van der Waals surface area contributed by atoms with Crippen molar-refractivity contribution >= 4 is 0 Å². The second-order valence-electron chi connectivity index (χ2n) is 4.34. The minimum absolute atomic E-state index is 0.753. The molecule has 0 saturated carbocycles. The second kappa shape index (κ2) is 2.46. The van der Waals surface area contributed by atoms with Crippen LogP contribution in [0.25, 0.3) is 0 Å². The molecule has 2 nitrogen and oxygen atoms in total. The molecular weight excluding hydrogens is 136 g/mol. The summed E-state index contributed by atoms with van der Waals surface area (Å²) in [4.78, 5) is 5.08.